The number of allylic oxidation sites excluding steroid dienone is 2. The molecule has 1 atom stereocenters. The Bertz CT molecular complexity index is 445. The minimum absolute atomic E-state index is 0.236. The topological polar surface area (TPSA) is 0 Å². The summed E-state index contributed by atoms with van der Waals surface area (Å²) in [6.07, 6.45) is 9.86. The first kappa shape index (κ1) is 14.2. The van der Waals surface area contributed by atoms with Gasteiger partial charge in [-0.15, -0.1) is 0 Å². The van der Waals surface area contributed by atoms with Crippen molar-refractivity contribution < 1.29 is 0 Å². The second-order valence-electron chi connectivity index (χ2n) is 4.47. The molecule has 1 aliphatic rings. The average Bonchev–Trinajstić information content (AvgIpc) is 2.33. The van der Waals surface area contributed by atoms with Gasteiger partial charge in [-0.2, -0.15) is 0 Å². The van der Waals surface area contributed by atoms with E-state index in [4.69, 9.17) is 23.2 Å². The van der Waals surface area contributed by atoms with E-state index in [0.717, 1.165) is 12.8 Å². The Morgan fingerprint density at radius 3 is 2.39 bits per heavy atom. The standard InChI is InChI=1S/C15H18Cl2S/c16-15(17)18(14-11-7-4-8-12-14)13-9-5-2-1-3-6-10-13/h4,7-9,11-12H,1-3,5-6,10H2/b13-9+. The number of hydrogen-bond acceptors (Lipinski definition) is 0. The van der Waals surface area contributed by atoms with Gasteiger partial charge < -0.3 is 0 Å². The van der Waals surface area contributed by atoms with Crippen molar-refractivity contribution >= 4 is 37.5 Å². The van der Waals surface area contributed by atoms with E-state index in [-0.39, 0.29) is 10.5 Å². The third kappa shape index (κ3) is 3.88. The van der Waals surface area contributed by atoms with Crippen LogP contribution in [0.15, 0.2) is 46.2 Å². The van der Waals surface area contributed by atoms with Crippen LogP contribution in [0.1, 0.15) is 38.5 Å². The predicted molar refractivity (Wildman–Crippen MR) is 84.8 cm³/mol. The van der Waals surface area contributed by atoms with Gasteiger partial charge in [-0.3, -0.25) is 0 Å². The molecule has 98 valence electrons. The van der Waals surface area contributed by atoms with Gasteiger partial charge in [0, 0.05) is 4.90 Å². The van der Waals surface area contributed by atoms with Crippen LogP contribution in [-0.4, -0.2) is 3.78 Å². The Labute approximate surface area is 122 Å². The average molecular weight is 301 g/mol. The first-order chi connectivity index (χ1) is 8.79. The molecule has 0 aromatic heterocycles. The van der Waals surface area contributed by atoms with Gasteiger partial charge in [0.2, 0.25) is 0 Å². The molecule has 0 aliphatic heterocycles. The number of rotatable bonds is 2. The van der Waals surface area contributed by atoms with Crippen LogP contribution in [0.5, 0.6) is 0 Å². The van der Waals surface area contributed by atoms with Crippen LogP contribution >= 0.6 is 33.7 Å². The summed E-state index contributed by atoms with van der Waals surface area (Å²) in [7, 11) is -0.236. The first-order valence-electron chi connectivity index (χ1n) is 6.45. The summed E-state index contributed by atoms with van der Waals surface area (Å²) < 4.78 is 0.494. The highest BCUT2D eigenvalue weighted by Gasteiger charge is 2.11. The summed E-state index contributed by atoms with van der Waals surface area (Å²) in [4.78, 5) is 2.64. The Balaban J connectivity index is 2.34. The van der Waals surface area contributed by atoms with E-state index in [1.165, 1.54) is 35.5 Å². The van der Waals surface area contributed by atoms with Crippen LogP contribution in [-0.2, 0) is 0 Å². The van der Waals surface area contributed by atoms with E-state index in [9.17, 15) is 0 Å². The molecule has 0 spiro atoms. The lowest BCUT2D eigenvalue weighted by atomic mass is 10.1. The third-order valence-corrected chi connectivity index (χ3v) is 6.02. The highest BCUT2D eigenvalue weighted by atomic mass is 35.5. The van der Waals surface area contributed by atoms with Crippen molar-refractivity contribution in [3.63, 3.8) is 0 Å². The van der Waals surface area contributed by atoms with Crippen molar-refractivity contribution in [3.05, 3.63) is 41.3 Å². The molecule has 3 heteroatoms. The molecule has 1 aromatic carbocycles. The van der Waals surface area contributed by atoms with Gasteiger partial charge in [0.1, 0.15) is 3.78 Å². The SMILES string of the molecule is ClC(Cl)=S(/C1=C/CCCCCC1)c1ccccc1. The van der Waals surface area contributed by atoms with E-state index in [2.05, 4.69) is 30.3 Å². The zero-order valence-electron chi connectivity index (χ0n) is 10.4. The van der Waals surface area contributed by atoms with Crippen LogP contribution in [0.2, 0.25) is 0 Å². The Kier molecular flexibility index (Phi) is 5.81. The fraction of sp³-hybridized carbons (Fsp3) is 0.400. The Hall–Kier alpha value is -0.240. The lowest BCUT2D eigenvalue weighted by Gasteiger charge is -2.16. The van der Waals surface area contributed by atoms with Gasteiger partial charge in [0.25, 0.3) is 0 Å². The van der Waals surface area contributed by atoms with Crippen LogP contribution < -0.4 is 0 Å². The van der Waals surface area contributed by atoms with Crippen molar-refractivity contribution in [2.45, 2.75) is 43.4 Å². The summed E-state index contributed by atoms with van der Waals surface area (Å²) in [5.41, 5.74) is 0. The van der Waals surface area contributed by atoms with Gasteiger partial charge >= 0.3 is 0 Å². The molecular weight excluding hydrogens is 283 g/mol. The predicted octanol–water partition coefficient (Wildman–Crippen LogP) is 6.12. The summed E-state index contributed by atoms with van der Waals surface area (Å²) in [6.45, 7) is 0. The third-order valence-electron chi connectivity index (χ3n) is 3.14. The molecule has 0 radical (unpaired) electrons. The summed E-state index contributed by atoms with van der Waals surface area (Å²) in [5.74, 6) is 0. The smallest absolute Gasteiger partial charge is 0.0977 e. The maximum Gasteiger partial charge on any atom is 0.139 e. The van der Waals surface area contributed by atoms with E-state index < -0.39 is 0 Å². The molecule has 0 N–H and O–H groups in total. The minimum Gasteiger partial charge on any atom is -0.0977 e. The molecule has 1 unspecified atom stereocenters. The quantitative estimate of drug-likeness (QED) is 0.456. The highest BCUT2D eigenvalue weighted by Crippen LogP contribution is 2.41. The van der Waals surface area contributed by atoms with Crippen molar-refractivity contribution in [1.29, 1.82) is 0 Å². The zero-order valence-corrected chi connectivity index (χ0v) is 12.7. The zero-order chi connectivity index (χ0) is 12.8. The molecule has 0 bridgehead atoms. The first-order valence-corrected chi connectivity index (χ1v) is 8.43. The Morgan fingerprint density at radius 2 is 1.67 bits per heavy atom. The molecule has 0 fully saturated rings. The molecule has 1 aromatic rings. The van der Waals surface area contributed by atoms with Gasteiger partial charge in [-0.1, -0.05) is 70.8 Å². The summed E-state index contributed by atoms with van der Waals surface area (Å²) >= 11 is 12.3. The summed E-state index contributed by atoms with van der Waals surface area (Å²) in [5, 5.41) is 0. The maximum atomic E-state index is 6.16. The molecular formula is C15H18Cl2S. The van der Waals surface area contributed by atoms with Crippen LogP contribution in [0, 0.1) is 0 Å². The van der Waals surface area contributed by atoms with Gasteiger partial charge in [0.05, 0.1) is 0 Å². The van der Waals surface area contributed by atoms with Crippen molar-refractivity contribution in [2.24, 2.45) is 0 Å². The Morgan fingerprint density at radius 1 is 0.944 bits per heavy atom. The van der Waals surface area contributed by atoms with E-state index in [0.29, 0.717) is 3.78 Å². The van der Waals surface area contributed by atoms with Crippen LogP contribution in [0.3, 0.4) is 0 Å². The number of hydrogen-bond donors (Lipinski definition) is 0. The molecule has 0 saturated carbocycles. The van der Waals surface area contributed by atoms with Crippen molar-refractivity contribution in [3.8, 4) is 0 Å². The van der Waals surface area contributed by atoms with Gasteiger partial charge in [0.15, 0.2) is 0 Å². The second kappa shape index (κ2) is 7.37. The molecule has 2 rings (SSSR count). The minimum atomic E-state index is -0.236. The number of benzene rings is 1. The van der Waals surface area contributed by atoms with Gasteiger partial charge in [-0.05, 0) is 42.7 Å². The highest BCUT2D eigenvalue weighted by molar-refractivity contribution is 8.22. The molecule has 18 heavy (non-hydrogen) atoms. The number of halogens is 2. The molecule has 0 amide bonds. The lowest BCUT2D eigenvalue weighted by molar-refractivity contribution is 0.635. The summed E-state index contributed by atoms with van der Waals surface area (Å²) in [6, 6.07) is 10.4. The second-order valence-corrected chi connectivity index (χ2v) is 7.88. The van der Waals surface area contributed by atoms with E-state index in [1.54, 1.807) is 0 Å². The lowest BCUT2D eigenvalue weighted by Crippen LogP contribution is -1.92. The monoisotopic (exact) mass is 300 g/mol. The fourth-order valence-corrected chi connectivity index (χ4v) is 5.11. The van der Waals surface area contributed by atoms with Crippen molar-refractivity contribution in [1.82, 2.24) is 0 Å². The maximum absolute atomic E-state index is 6.16. The molecule has 0 heterocycles. The van der Waals surface area contributed by atoms with Crippen molar-refractivity contribution in [2.75, 3.05) is 0 Å². The molecule has 1 aliphatic carbocycles. The van der Waals surface area contributed by atoms with E-state index in [1.807, 2.05) is 6.07 Å². The molecule has 0 nitrogen and oxygen atoms in total. The molecule has 0 saturated heterocycles. The fourth-order valence-electron chi connectivity index (χ4n) is 2.24. The normalized spacial score (nSPS) is 21.3. The van der Waals surface area contributed by atoms with Gasteiger partial charge in [-0.25, -0.2) is 0 Å². The van der Waals surface area contributed by atoms with E-state index >= 15 is 0 Å². The van der Waals surface area contributed by atoms with Crippen LogP contribution in [0.4, 0.5) is 0 Å². The largest absolute Gasteiger partial charge is 0.139 e. The van der Waals surface area contributed by atoms with Crippen LogP contribution in [0.25, 0.3) is 0 Å².